The minimum absolute atomic E-state index is 0.0107. The fourth-order valence-corrected chi connectivity index (χ4v) is 1.78. The number of rotatable bonds is 6. The van der Waals surface area contributed by atoms with Crippen molar-refractivity contribution in [2.24, 2.45) is 0 Å². The Morgan fingerprint density at radius 2 is 1.17 bits per heavy atom. The van der Waals surface area contributed by atoms with Crippen molar-refractivity contribution in [2.75, 3.05) is 0 Å². The first-order valence-corrected chi connectivity index (χ1v) is 6.92. The van der Waals surface area contributed by atoms with E-state index in [1.165, 1.54) is 0 Å². The van der Waals surface area contributed by atoms with Crippen LogP contribution in [0.15, 0.2) is 66.2 Å². The van der Waals surface area contributed by atoms with Crippen LogP contribution in [0, 0.1) is 5.41 Å². The van der Waals surface area contributed by atoms with Gasteiger partial charge in [0.05, 0.1) is 0 Å². The van der Waals surface area contributed by atoms with Crippen molar-refractivity contribution < 1.29 is 19.1 Å². The van der Waals surface area contributed by atoms with E-state index in [0.717, 1.165) is 11.1 Å². The summed E-state index contributed by atoms with van der Waals surface area (Å²) in [7, 11) is 0. The lowest BCUT2D eigenvalue weighted by Gasteiger charge is -2.07. The van der Waals surface area contributed by atoms with Gasteiger partial charge in [-0.15, -0.1) is 0 Å². The summed E-state index contributed by atoms with van der Waals surface area (Å²) in [5.41, 5.74) is 1.00. The largest absolute Gasteiger partial charge is 0.457 e. The molecule has 2 aromatic rings. The summed E-state index contributed by atoms with van der Waals surface area (Å²) >= 11 is 0. The zero-order valence-corrected chi connectivity index (χ0v) is 12.3. The zero-order chi connectivity index (χ0) is 16.5. The van der Waals surface area contributed by atoms with E-state index in [1.807, 2.05) is 36.4 Å². The van der Waals surface area contributed by atoms with Gasteiger partial charge in [0.15, 0.2) is 0 Å². The van der Waals surface area contributed by atoms with Gasteiger partial charge in [0, 0.05) is 5.87 Å². The van der Waals surface area contributed by atoms with E-state index in [9.17, 15) is 9.59 Å². The molecular formula is C18H15NO4. The summed E-state index contributed by atoms with van der Waals surface area (Å²) in [4.78, 5) is 23.7. The lowest BCUT2D eigenvalue weighted by molar-refractivity contribution is -0.148. The van der Waals surface area contributed by atoms with Gasteiger partial charge in [-0.25, -0.2) is 9.59 Å². The minimum atomic E-state index is -0.929. The molecule has 0 radical (unpaired) electrons. The number of nitrogens with one attached hydrogen (secondary N) is 1. The molecule has 0 saturated heterocycles. The number of ether oxygens (including phenoxy) is 2. The molecule has 23 heavy (non-hydrogen) atoms. The zero-order valence-electron chi connectivity index (χ0n) is 12.3. The van der Waals surface area contributed by atoms with Crippen LogP contribution in [0.25, 0.3) is 0 Å². The summed E-state index contributed by atoms with van der Waals surface area (Å²) in [6.45, 7) is 0.0215. The van der Waals surface area contributed by atoms with Crippen LogP contribution in [0.4, 0.5) is 0 Å². The third kappa shape index (κ3) is 4.95. The first-order chi connectivity index (χ1) is 11.2. The Hall–Kier alpha value is -3.17. The van der Waals surface area contributed by atoms with Crippen molar-refractivity contribution in [3.05, 3.63) is 77.4 Å². The molecule has 0 fully saturated rings. The molecule has 116 valence electrons. The normalized spacial score (nSPS) is 9.57. The van der Waals surface area contributed by atoms with E-state index < -0.39 is 17.5 Å². The van der Waals surface area contributed by atoms with Crippen LogP contribution in [0.3, 0.4) is 0 Å². The summed E-state index contributed by atoms with van der Waals surface area (Å²) < 4.78 is 9.99. The summed E-state index contributed by atoms with van der Waals surface area (Å²) in [5.74, 6) is -0.0658. The first kappa shape index (κ1) is 16.2. The molecule has 0 heterocycles. The molecule has 0 amide bonds. The van der Waals surface area contributed by atoms with Gasteiger partial charge in [0.25, 0.3) is 0 Å². The van der Waals surface area contributed by atoms with E-state index in [-0.39, 0.29) is 13.2 Å². The van der Waals surface area contributed by atoms with Crippen molar-refractivity contribution in [3.63, 3.8) is 0 Å². The van der Waals surface area contributed by atoms with Crippen LogP contribution in [0.2, 0.25) is 0 Å². The number of carbonyl (C=O) groups excluding carboxylic acids is 2. The maximum absolute atomic E-state index is 11.9. The summed E-state index contributed by atoms with van der Waals surface area (Å²) in [6.07, 6.45) is 0. The van der Waals surface area contributed by atoms with Gasteiger partial charge in [0.1, 0.15) is 13.2 Å². The van der Waals surface area contributed by atoms with Gasteiger partial charge in [-0.05, 0) is 11.1 Å². The molecule has 0 aliphatic carbocycles. The summed E-state index contributed by atoms with van der Waals surface area (Å²) in [5, 5.41) is 7.10. The Labute approximate surface area is 133 Å². The fraction of sp³-hybridized carbons (Fsp3) is 0.111. The predicted molar refractivity (Wildman–Crippen MR) is 83.7 cm³/mol. The van der Waals surface area contributed by atoms with E-state index in [0.29, 0.717) is 0 Å². The second kappa shape index (κ2) is 8.32. The molecule has 5 nitrogen and oxygen atoms in total. The second-order valence-electron chi connectivity index (χ2n) is 4.62. The highest BCUT2D eigenvalue weighted by Crippen LogP contribution is 2.07. The molecule has 0 bridgehead atoms. The van der Waals surface area contributed by atoms with Gasteiger partial charge < -0.3 is 9.47 Å². The average Bonchev–Trinajstić information content (AvgIpc) is 2.60. The lowest BCUT2D eigenvalue weighted by Crippen LogP contribution is -2.18. The third-order valence-corrected chi connectivity index (χ3v) is 2.96. The van der Waals surface area contributed by atoms with Gasteiger partial charge >= 0.3 is 11.9 Å². The standard InChI is InChI=1S/C18H15NO4/c19-11-16(17(20)22-12-14-7-3-1-4-8-14)18(21)23-13-15-9-5-2-6-10-15/h1-10,19H,12-13H2. The Morgan fingerprint density at radius 3 is 1.52 bits per heavy atom. The molecule has 0 aromatic heterocycles. The number of esters is 2. The summed E-state index contributed by atoms with van der Waals surface area (Å²) in [6, 6.07) is 18.1. The number of benzene rings is 2. The van der Waals surface area contributed by atoms with Gasteiger partial charge in [0.2, 0.25) is 5.57 Å². The maximum Gasteiger partial charge on any atom is 0.355 e. The molecule has 0 saturated carbocycles. The molecule has 0 spiro atoms. The molecule has 2 rings (SSSR count). The molecule has 2 aromatic carbocycles. The molecule has 0 atom stereocenters. The van der Waals surface area contributed by atoms with Crippen molar-refractivity contribution in [3.8, 4) is 0 Å². The highest BCUT2D eigenvalue weighted by Gasteiger charge is 2.22. The highest BCUT2D eigenvalue weighted by molar-refractivity contribution is 6.20. The van der Waals surface area contributed by atoms with E-state index in [2.05, 4.69) is 0 Å². The van der Waals surface area contributed by atoms with Crippen LogP contribution in [-0.4, -0.2) is 17.8 Å². The van der Waals surface area contributed by atoms with Crippen LogP contribution < -0.4 is 0 Å². The Balaban J connectivity index is 1.89. The van der Waals surface area contributed by atoms with Crippen LogP contribution in [0.5, 0.6) is 0 Å². The topological polar surface area (TPSA) is 76.5 Å². The Bertz CT molecular complexity index is 662. The van der Waals surface area contributed by atoms with Crippen molar-refractivity contribution in [2.45, 2.75) is 13.2 Å². The number of hydrogen-bond donors (Lipinski definition) is 1. The quantitative estimate of drug-likeness (QED) is 0.292. The lowest BCUT2D eigenvalue weighted by atomic mass is 10.2. The van der Waals surface area contributed by atoms with E-state index in [4.69, 9.17) is 14.9 Å². The van der Waals surface area contributed by atoms with Gasteiger partial charge in [-0.3, -0.25) is 5.41 Å². The molecule has 1 N–H and O–H groups in total. The van der Waals surface area contributed by atoms with E-state index in [1.54, 1.807) is 30.1 Å². The van der Waals surface area contributed by atoms with Crippen LogP contribution >= 0.6 is 0 Å². The third-order valence-electron chi connectivity index (χ3n) is 2.96. The predicted octanol–water partition coefficient (Wildman–Crippen LogP) is 2.65. The Morgan fingerprint density at radius 1 is 0.783 bits per heavy atom. The number of hydrogen-bond acceptors (Lipinski definition) is 5. The molecule has 0 unspecified atom stereocenters. The first-order valence-electron chi connectivity index (χ1n) is 6.92. The smallest absolute Gasteiger partial charge is 0.355 e. The van der Waals surface area contributed by atoms with Crippen molar-refractivity contribution in [1.29, 1.82) is 5.41 Å². The molecule has 0 aliphatic rings. The van der Waals surface area contributed by atoms with E-state index >= 15 is 0 Å². The van der Waals surface area contributed by atoms with Gasteiger partial charge in [-0.2, -0.15) is 0 Å². The van der Waals surface area contributed by atoms with Crippen molar-refractivity contribution >= 4 is 17.8 Å². The minimum Gasteiger partial charge on any atom is -0.457 e. The second-order valence-corrected chi connectivity index (χ2v) is 4.62. The molecule has 5 heteroatoms. The van der Waals surface area contributed by atoms with Crippen LogP contribution in [0.1, 0.15) is 11.1 Å². The van der Waals surface area contributed by atoms with Crippen molar-refractivity contribution in [1.82, 2.24) is 0 Å². The Kier molecular flexibility index (Phi) is 5.86. The SMILES string of the molecule is N=C=C(C(=O)OCc1ccccc1)C(=O)OCc1ccccc1. The maximum atomic E-state index is 11.9. The monoisotopic (exact) mass is 309 g/mol. The molecule has 0 aliphatic heterocycles. The molecular weight excluding hydrogens is 294 g/mol. The van der Waals surface area contributed by atoms with Gasteiger partial charge in [-0.1, -0.05) is 60.7 Å². The van der Waals surface area contributed by atoms with Crippen LogP contribution in [-0.2, 0) is 32.3 Å². The number of carbonyl (C=O) groups is 2. The highest BCUT2D eigenvalue weighted by atomic mass is 16.6. The fourth-order valence-electron chi connectivity index (χ4n) is 1.78. The average molecular weight is 309 g/mol.